The molecular formula is C32H37F3O10S2. The fourth-order valence-electron chi connectivity index (χ4n) is 3.49. The van der Waals surface area contributed by atoms with Crippen LogP contribution in [0.5, 0.6) is 17.2 Å². The molecule has 0 aliphatic heterocycles. The SMILES string of the molecule is COc1ccc([S+](c2ccc(OCC(=O)OC(C)(C)C)cc2)c2ccc(OCC(=O)OC(C)(C)C)cc2)cc1.O=S(=O)([O-])C(F)(F)F. The molecule has 258 valence electrons. The van der Waals surface area contributed by atoms with Crippen LogP contribution >= 0.6 is 0 Å². The predicted octanol–water partition coefficient (Wildman–Crippen LogP) is 6.28. The zero-order chi connectivity index (χ0) is 35.6. The van der Waals surface area contributed by atoms with Crippen LogP contribution in [0.25, 0.3) is 0 Å². The molecule has 0 fully saturated rings. The van der Waals surface area contributed by atoms with Crippen LogP contribution in [0.2, 0.25) is 0 Å². The van der Waals surface area contributed by atoms with Crippen LogP contribution in [0.1, 0.15) is 41.5 Å². The van der Waals surface area contributed by atoms with Gasteiger partial charge in [0, 0.05) is 0 Å². The summed E-state index contributed by atoms with van der Waals surface area (Å²) in [6.07, 6.45) is 0. The first-order valence-electron chi connectivity index (χ1n) is 13.9. The number of alkyl halides is 3. The lowest BCUT2D eigenvalue weighted by Gasteiger charge is -2.19. The van der Waals surface area contributed by atoms with E-state index in [4.69, 9.17) is 36.7 Å². The molecule has 0 radical (unpaired) electrons. The van der Waals surface area contributed by atoms with Gasteiger partial charge in [-0.3, -0.25) is 0 Å². The van der Waals surface area contributed by atoms with Gasteiger partial charge < -0.3 is 28.2 Å². The lowest BCUT2D eigenvalue weighted by atomic mass is 10.2. The van der Waals surface area contributed by atoms with Gasteiger partial charge in [-0.1, -0.05) is 0 Å². The van der Waals surface area contributed by atoms with Crippen LogP contribution in [0.15, 0.2) is 87.5 Å². The second kappa shape index (κ2) is 16.2. The molecule has 0 bridgehead atoms. The number of carbonyl (C=O) groups excluding carboxylic acids is 2. The van der Waals surface area contributed by atoms with Gasteiger partial charge in [-0.05, 0) is 114 Å². The molecule has 47 heavy (non-hydrogen) atoms. The molecule has 3 aromatic rings. The average Bonchev–Trinajstić information content (AvgIpc) is 2.94. The van der Waals surface area contributed by atoms with Gasteiger partial charge >= 0.3 is 17.4 Å². The summed E-state index contributed by atoms with van der Waals surface area (Å²) in [6, 6.07) is 23.3. The van der Waals surface area contributed by atoms with Crippen molar-refractivity contribution in [3.8, 4) is 17.2 Å². The van der Waals surface area contributed by atoms with E-state index < -0.39 is 49.7 Å². The third kappa shape index (κ3) is 14.1. The second-order valence-electron chi connectivity index (χ2n) is 11.6. The van der Waals surface area contributed by atoms with E-state index in [0.29, 0.717) is 11.5 Å². The molecule has 0 atom stereocenters. The Kier molecular flexibility index (Phi) is 13.6. The monoisotopic (exact) mass is 702 g/mol. The third-order valence-corrected chi connectivity index (χ3v) is 8.05. The highest BCUT2D eigenvalue weighted by Gasteiger charge is 2.37. The van der Waals surface area contributed by atoms with E-state index in [0.717, 1.165) is 20.4 Å². The quantitative estimate of drug-likeness (QED) is 0.103. The zero-order valence-electron chi connectivity index (χ0n) is 26.9. The van der Waals surface area contributed by atoms with E-state index in [1.807, 2.05) is 114 Å². The summed E-state index contributed by atoms with van der Waals surface area (Å²) >= 11 is 0. The number of hydrogen-bond acceptors (Lipinski definition) is 10. The standard InChI is InChI=1S/C31H37O7S.CHF3O3S/c1-30(2,3)37-28(32)20-35-23-10-16-26(17-11-23)39(25-14-8-22(34-7)9-15-25)27-18-12-24(13-19-27)36-21-29(33)38-31(4,5)6;2-1(3,4)8(5,6)7/h8-19H,20-21H2,1-7H3;(H,5,6,7)/q+1;/p-1. The van der Waals surface area contributed by atoms with Crippen molar-refractivity contribution >= 4 is 33.0 Å². The van der Waals surface area contributed by atoms with Gasteiger partial charge in [-0.2, -0.15) is 13.2 Å². The van der Waals surface area contributed by atoms with E-state index in [1.165, 1.54) is 0 Å². The number of methoxy groups -OCH3 is 1. The lowest BCUT2D eigenvalue weighted by Crippen LogP contribution is -2.27. The third-order valence-electron chi connectivity index (χ3n) is 5.25. The number of ether oxygens (including phenoxy) is 5. The number of benzene rings is 3. The van der Waals surface area contributed by atoms with Crippen molar-refractivity contribution in [2.24, 2.45) is 0 Å². The maximum absolute atomic E-state index is 12.0. The minimum absolute atomic E-state index is 0.161. The molecular weight excluding hydrogens is 665 g/mol. The Bertz CT molecular complexity index is 1480. The van der Waals surface area contributed by atoms with Crippen molar-refractivity contribution in [3.63, 3.8) is 0 Å². The van der Waals surface area contributed by atoms with Gasteiger partial charge in [0.05, 0.1) is 18.0 Å². The van der Waals surface area contributed by atoms with Crippen molar-refractivity contribution in [2.75, 3.05) is 20.3 Å². The zero-order valence-corrected chi connectivity index (χ0v) is 28.5. The van der Waals surface area contributed by atoms with E-state index in [2.05, 4.69) is 0 Å². The minimum Gasteiger partial charge on any atom is -0.741 e. The molecule has 0 amide bonds. The van der Waals surface area contributed by atoms with E-state index in [1.54, 1.807) is 7.11 Å². The van der Waals surface area contributed by atoms with Crippen LogP contribution in [-0.4, -0.2) is 61.9 Å². The van der Waals surface area contributed by atoms with Gasteiger partial charge in [0.25, 0.3) is 0 Å². The predicted molar refractivity (Wildman–Crippen MR) is 166 cm³/mol. The van der Waals surface area contributed by atoms with Crippen molar-refractivity contribution in [1.29, 1.82) is 0 Å². The van der Waals surface area contributed by atoms with Crippen LogP contribution in [-0.2, 0) is 40.1 Å². The Morgan fingerprint density at radius 2 is 0.915 bits per heavy atom. The first-order valence-corrected chi connectivity index (χ1v) is 16.5. The van der Waals surface area contributed by atoms with E-state index >= 15 is 0 Å². The molecule has 0 unspecified atom stereocenters. The van der Waals surface area contributed by atoms with Crippen LogP contribution in [0.3, 0.4) is 0 Å². The molecule has 0 spiro atoms. The summed E-state index contributed by atoms with van der Waals surface area (Å²) in [4.78, 5) is 27.2. The summed E-state index contributed by atoms with van der Waals surface area (Å²) in [5, 5.41) is 0. The molecule has 0 aliphatic rings. The summed E-state index contributed by atoms with van der Waals surface area (Å²) in [7, 11) is -4.89. The van der Waals surface area contributed by atoms with Crippen LogP contribution in [0, 0.1) is 0 Å². The number of halogens is 3. The number of hydrogen-bond donors (Lipinski definition) is 0. The molecule has 3 aromatic carbocycles. The molecule has 10 nitrogen and oxygen atoms in total. The molecule has 3 rings (SSSR count). The number of esters is 2. The number of carbonyl (C=O) groups is 2. The summed E-state index contributed by atoms with van der Waals surface area (Å²) in [5.74, 6) is 1.10. The largest absolute Gasteiger partial charge is 0.741 e. The van der Waals surface area contributed by atoms with Gasteiger partial charge in [0.1, 0.15) is 28.5 Å². The Balaban J connectivity index is 0.000000849. The van der Waals surface area contributed by atoms with Crippen molar-refractivity contribution < 1.29 is 59.4 Å². The summed E-state index contributed by atoms with van der Waals surface area (Å²) in [5.41, 5.74) is -6.77. The first kappa shape index (κ1) is 39.2. The van der Waals surface area contributed by atoms with Crippen molar-refractivity contribution in [1.82, 2.24) is 0 Å². The fourth-order valence-corrected chi connectivity index (χ4v) is 5.53. The van der Waals surface area contributed by atoms with Crippen molar-refractivity contribution in [2.45, 2.75) is 72.9 Å². The second-order valence-corrected chi connectivity index (χ2v) is 15.0. The highest BCUT2D eigenvalue weighted by molar-refractivity contribution is 7.97. The highest BCUT2D eigenvalue weighted by atomic mass is 32.2. The highest BCUT2D eigenvalue weighted by Crippen LogP contribution is 2.34. The molecule has 0 heterocycles. The fraction of sp³-hybridized carbons (Fsp3) is 0.375. The van der Waals surface area contributed by atoms with Gasteiger partial charge in [0.15, 0.2) is 38.0 Å². The van der Waals surface area contributed by atoms with Gasteiger partial charge in [-0.25, -0.2) is 18.0 Å². The number of rotatable bonds is 10. The average molecular weight is 703 g/mol. The maximum Gasteiger partial charge on any atom is 0.485 e. The molecule has 0 N–H and O–H groups in total. The lowest BCUT2D eigenvalue weighted by molar-refractivity contribution is -0.158. The van der Waals surface area contributed by atoms with Gasteiger partial charge in [0.2, 0.25) is 0 Å². The maximum atomic E-state index is 12.0. The Hall–Kier alpha value is -3.95. The molecule has 0 saturated carbocycles. The minimum atomic E-state index is -6.09. The van der Waals surface area contributed by atoms with Gasteiger partial charge in [-0.15, -0.1) is 0 Å². The Morgan fingerprint density at radius 3 is 1.15 bits per heavy atom. The van der Waals surface area contributed by atoms with Crippen molar-refractivity contribution in [3.05, 3.63) is 72.8 Å². The molecule has 15 heteroatoms. The Morgan fingerprint density at radius 1 is 0.638 bits per heavy atom. The van der Waals surface area contributed by atoms with E-state index in [-0.39, 0.29) is 13.2 Å². The summed E-state index contributed by atoms with van der Waals surface area (Å²) < 4.78 is 86.1. The normalized spacial score (nSPS) is 12.0. The first-order chi connectivity index (χ1) is 21.6. The summed E-state index contributed by atoms with van der Waals surface area (Å²) in [6.45, 7) is 10.6. The molecule has 0 saturated heterocycles. The smallest absolute Gasteiger partial charge is 0.485 e. The molecule has 0 aromatic heterocycles. The molecule has 0 aliphatic carbocycles. The van der Waals surface area contributed by atoms with Crippen LogP contribution < -0.4 is 14.2 Å². The van der Waals surface area contributed by atoms with E-state index in [9.17, 15) is 22.8 Å². The van der Waals surface area contributed by atoms with Crippen LogP contribution in [0.4, 0.5) is 13.2 Å². The Labute approximate surface area is 275 Å². The topological polar surface area (TPSA) is 137 Å².